The normalized spacial score (nSPS) is 26.6. The van der Waals surface area contributed by atoms with E-state index in [1.165, 1.54) is 0 Å². The molecular weight excluding hydrogens is 294 g/mol. The summed E-state index contributed by atoms with van der Waals surface area (Å²) in [5.41, 5.74) is -0.707. The maximum atomic E-state index is 12.9. The fraction of sp³-hybridized carbons (Fsp3) is 0.765. The fourth-order valence-corrected chi connectivity index (χ4v) is 3.94. The maximum Gasteiger partial charge on any atom is 0.228 e. The molecule has 2 atom stereocenters. The van der Waals surface area contributed by atoms with Crippen LogP contribution in [0.1, 0.15) is 51.0 Å². The molecule has 6 heteroatoms. The molecule has 2 fully saturated rings. The molecule has 0 bridgehead atoms. The average Bonchev–Trinajstić information content (AvgIpc) is 3.25. The lowest BCUT2D eigenvalue weighted by atomic mass is 9.97. The fourth-order valence-electron chi connectivity index (χ4n) is 3.94. The third-order valence-corrected chi connectivity index (χ3v) is 5.19. The molecule has 1 aliphatic heterocycles. The number of rotatable bonds is 5. The summed E-state index contributed by atoms with van der Waals surface area (Å²) in [7, 11) is 1.79. The number of aliphatic hydroxyl groups is 1. The first-order valence-electron chi connectivity index (χ1n) is 8.64. The lowest BCUT2D eigenvalue weighted by Gasteiger charge is -2.31. The van der Waals surface area contributed by atoms with Gasteiger partial charge in [-0.05, 0) is 26.2 Å². The lowest BCUT2D eigenvalue weighted by molar-refractivity contribution is -0.139. The topological polar surface area (TPSA) is 67.6 Å². The number of amides is 1. The molecule has 1 aromatic heterocycles. The van der Waals surface area contributed by atoms with Crippen LogP contribution in [0, 0.1) is 5.92 Å². The van der Waals surface area contributed by atoms with Gasteiger partial charge in [-0.1, -0.05) is 12.8 Å². The van der Waals surface area contributed by atoms with Crippen LogP contribution >= 0.6 is 0 Å². The van der Waals surface area contributed by atoms with Gasteiger partial charge in [-0.2, -0.15) is 0 Å². The second-order valence-corrected chi connectivity index (χ2v) is 6.88. The largest absolute Gasteiger partial charge is 0.388 e. The molecule has 1 aliphatic carbocycles. The number of aryl methyl sites for hydroxylation is 1. The first-order chi connectivity index (χ1) is 11.0. The molecule has 23 heavy (non-hydrogen) atoms. The molecule has 1 amide bonds. The van der Waals surface area contributed by atoms with Gasteiger partial charge in [0.15, 0.2) is 0 Å². The van der Waals surface area contributed by atoms with Crippen molar-refractivity contribution in [3.05, 3.63) is 18.2 Å². The minimum atomic E-state index is -0.707. The number of nitrogens with zero attached hydrogens (tertiary/aromatic N) is 3. The Morgan fingerprint density at radius 2 is 2.26 bits per heavy atom. The van der Waals surface area contributed by atoms with Gasteiger partial charge in [0, 0.05) is 39.1 Å². The van der Waals surface area contributed by atoms with Crippen LogP contribution in [0.15, 0.2) is 12.4 Å². The molecule has 1 aromatic rings. The summed E-state index contributed by atoms with van der Waals surface area (Å²) < 4.78 is 7.85. The minimum absolute atomic E-state index is 0.0541. The average molecular weight is 321 g/mol. The second-order valence-electron chi connectivity index (χ2n) is 6.88. The number of likely N-dealkylation sites (N-methyl/N-ethyl adjacent to an activating group) is 1. The minimum Gasteiger partial charge on any atom is -0.388 e. The highest BCUT2D eigenvalue weighted by molar-refractivity contribution is 5.79. The van der Waals surface area contributed by atoms with Crippen molar-refractivity contribution < 1.29 is 14.6 Å². The van der Waals surface area contributed by atoms with Gasteiger partial charge in [0.25, 0.3) is 0 Å². The lowest BCUT2D eigenvalue weighted by Crippen LogP contribution is -2.44. The van der Waals surface area contributed by atoms with Gasteiger partial charge in [-0.25, -0.2) is 4.98 Å². The van der Waals surface area contributed by atoms with Crippen LogP contribution in [0.5, 0.6) is 0 Å². The van der Waals surface area contributed by atoms with E-state index in [1.54, 1.807) is 18.1 Å². The summed E-state index contributed by atoms with van der Waals surface area (Å²) in [5, 5.41) is 10.5. The highest BCUT2D eigenvalue weighted by Crippen LogP contribution is 2.36. The van der Waals surface area contributed by atoms with E-state index in [-0.39, 0.29) is 17.9 Å². The van der Waals surface area contributed by atoms with Crippen LogP contribution < -0.4 is 0 Å². The van der Waals surface area contributed by atoms with Gasteiger partial charge in [0.05, 0.1) is 11.5 Å². The van der Waals surface area contributed by atoms with Crippen molar-refractivity contribution in [1.82, 2.24) is 14.5 Å². The molecule has 128 valence electrons. The van der Waals surface area contributed by atoms with E-state index < -0.39 is 5.60 Å². The van der Waals surface area contributed by atoms with E-state index >= 15 is 0 Å². The first kappa shape index (κ1) is 16.5. The van der Waals surface area contributed by atoms with Crippen LogP contribution in [0.25, 0.3) is 0 Å². The van der Waals surface area contributed by atoms with Gasteiger partial charge in [0.2, 0.25) is 5.91 Å². The summed E-state index contributed by atoms with van der Waals surface area (Å²) >= 11 is 0. The smallest absolute Gasteiger partial charge is 0.228 e. The van der Waals surface area contributed by atoms with E-state index in [0.29, 0.717) is 19.6 Å². The number of carbonyl (C=O) groups excluding carboxylic acids is 1. The predicted molar refractivity (Wildman–Crippen MR) is 85.8 cm³/mol. The summed E-state index contributed by atoms with van der Waals surface area (Å²) in [5.74, 6) is 0.674. The molecule has 6 nitrogen and oxygen atoms in total. The van der Waals surface area contributed by atoms with Crippen molar-refractivity contribution in [3.63, 3.8) is 0 Å². The summed E-state index contributed by atoms with van der Waals surface area (Å²) in [6, 6.07) is 0. The number of hydrogen-bond acceptors (Lipinski definition) is 4. The van der Waals surface area contributed by atoms with E-state index in [9.17, 15) is 9.90 Å². The summed E-state index contributed by atoms with van der Waals surface area (Å²) in [4.78, 5) is 19.0. The van der Waals surface area contributed by atoms with Gasteiger partial charge < -0.3 is 19.3 Å². The van der Waals surface area contributed by atoms with Crippen molar-refractivity contribution >= 4 is 5.91 Å². The second kappa shape index (κ2) is 6.61. The molecule has 2 heterocycles. The van der Waals surface area contributed by atoms with Gasteiger partial charge >= 0.3 is 0 Å². The molecule has 0 radical (unpaired) electrons. The standard InChI is InChI=1S/C17H27N3O3/c1-3-20-10-9-18-15(20)14-13(6-11-23-14)16(21)19(2)12-17(22)7-4-5-8-17/h9-10,13-14,22H,3-8,11-12H2,1-2H3/t13-,14-/m1/s1. The molecule has 2 aliphatic rings. The third-order valence-electron chi connectivity index (χ3n) is 5.19. The predicted octanol–water partition coefficient (Wildman–Crippen LogP) is 1.74. The van der Waals surface area contributed by atoms with Gasteiger partial charge in [0.1, 0.15) is 11.9 Å². The Hall–Kier alpha value is -1.40. The van der Waals surface area contributed by atoms with Crippen LogP contribution in [-0.2, 0) is 16.1 Å². The van der Waals surface area contributed by atoms with E-state index in [1.807, 2.05) is 10.8 Å². The monoisotopic (exact) mass is 321 g/mol. The highest BCUT2D eigenvalue weighted by atomic mass is 16.5. The number of hydrogen-bond donors (Lipinski definition) is 1. The molecule has 0 unspecified atom stereocenters. The number of ether oxygens (including phenoxy) is 1. The Kier molecular flexibility index (Phi) is 4.73. The Labute approximate surface area is 137 Å². The van der Waals surface area contributed by atoms with Crippen LogP contribution in [0.2, 0.25) is 0 Å². The third kappa shape index (κ3) is 3.28. The van der Waals surface area contributed by atoms with Crippen LogP contribution in [-0.4, -0.2) is 51.3 Å². The van der Waals surface area contributed by atoms with Gasteiger partial charge in [-0.3, -0.25) is 4.79 Å². The van der Waals surface area contributed by atoms with E-state index in [4.69, 9.17) is 4.74 Å². The van der Waals surface area contributed by atoms with Crippen molar-refractivity contribution in [2.75, 3.05) is 20.2 Å². The number of carbonyl (C=O) groups is 1. The Morgan fingerprint density at radius 3 is 2.96 bits per heavy atom. The SMILES string of the molecule is CCn1ccnc1[C@@H]1OCC[C@H]1C(=O)N(C)CC1(O)CCCC1. The Bertz CT molecular complexity index is 551. The zero-order chi connectivity index (χ0) is 16.4. The van der Waals surface area contributed by atoms with Crippen molar-refractivity contribution in [2.24, 2.45) is 5.92 Å². The molecule has 1 saturated heterocycles. The Balaban J connectivity index is 1.70. The van der Waals surface area contributed by atoms with Gasteiger partial charge in [-0.15, -0.1) is 0 Å². The summed E-state index contributed by atoms with van der Waals surface area (Å²) in [6.45, 7) is 3.86. The number of imidazole rings is 1. The molecule has 1 N–H and O–H groups in total. The molecule has 3 rings (SSSR count). The number of aromatic nitrogens is 2. The van der Waals surface area contributed by atoms with E-state index in [2.05, 4.69) is 11.9 Å². The van der Waals surface area contributed by atoms with Crippen molar-refractivity contribution in [1.29, 1.82) is 0 Å². The zero-order valence-electron chi connectivity index (χ0n) is 14.1. The maximum absolute atomic E-state index is 12.9. The van der Waals surface area contributed by atoms with Crippen LogP contribution in [0.3, 0.4) is 0 Å². The van der Waals surface area contributed by atoms with Crippen molar-refractivity contribution in [2.45, 2.75) is 57.3 Å². The molecular formula is C17H27N3O3. The first-order valence-corrected chi connectivity index (χ1v) is 8.64. The molecule has 0 aromatic carbocycles. The molecule has 0 spiro atoms. The van der Waals surface area contributed by atoms with Crippen molar-refractivity contribution in [3.8, 4) is 0 Å². The Morgan fingerprint density at radius 1 is 1.52 bits per heavy atom. The zero-order valence-corrected chi connectivity index (χ0v) is 14.1. The van der Waals surface area contributed by atoms with Crippen LogP contribution in [0.4, 0.5) is 0 Å². The van der Waals surface area contributed by atoms with E-state index in [0.717, 1.165) is 38.1 Å². The molecule has 1 saturated carbocycles. The quantitative estimate of drug-likeness (QED) is 0.897. The highest BCUT2D eigenvalue weighted by Gasteiger charge is 2.41. The summed E-state index contributed by atoms with van der Waals surface area (Å²) in [6.07, 6.45) is 7.77.